The summed E-state index contributed by atoms with van der Waals surface area (Å²) in [6.07, 6.45) is 24.6. The van der Waals surface area contributed by atoms with Crippen LogP contribution in [0, 0.1) is 23.2 Å². The molecule has 32 nitrogen and oxygen atoms in total. The summed E-state index contributed by atoms with van der Waals surface area (Å²) in [5.74, 6) is 3.72. The molecule has 0 saturated carbocycles. The van der Waals surface area contributed by atoms with Gasteiger partial charge in [0.1, 0.15) is 23.4 Å². The van der Waals surface area contributed by atoms with E-state index in [1.165, 1.54) is 28.5 Å². The quantitative estimate of drug-likeness (QED) is 0.179. The Kier molecular flexibility index (Phi) is 43.5. The van der Waals surface area contributed by atoms with Gasteiger partial charge in [-0.3, -0.25) is 82.2 Å². The van der Waals surface area contributed by atoms with Crippen molar-refractivity contribution in [3.63, 3.8) is 0 Å². The predicted octanol–water partition coefficient (Wildman–Crippen LogP) is 14.5. The predicted molar refractivity (Wildman–Crippen MR) is 596 cm³/mol. The number of aliphatic hydroxyl groups is 1. The molecule has 4 aliphatic carbocycles. The minimum absolute atomic E-state index is 0.0664. The van der Waals surface area contributed by atoms with Gasteiger partial charge in [-0.15, -0.1) is 0 Å². The topological polar surface area (TPSA) is 317 Å². The van der Waals surface area contributed by atoms with Crippen molar-refractivity contribution in [3.8, 4) is 0 Å². The lowest BCUT2D eigenvalue weighted by molar-refractivity contribution is -0.142. The Bertz CT molecular complexity index is 5080. The smallest absolute Gasteiger partial charge is 0.343 e. The SMILES string of the molecule is CC(C)(C)N1CCC(C(=O)CS(C)(=O)=O)CC1.CC(C)(C)N1CCC(c2cc(=O)[nH]o2)CC1.CC(C)(C)N1CCN(C2=CC(=O)CCC2)CC1.CC(C)(C)N1CCn2c(n[nH]c2=O)C1.CC(C)(C)N1CCn2cncc2C1.CC(O)C(=O)N1CC2CC1CN2C(C)(C)C.CC1(C)CC(=O)C=C(N2CCN(C(C)(C)C)CC2)C1.CC1CC(=O)C=C(N2CCN(C(C)(C)C)CC2)C1.CC1CC(=O)C=C(N2CCN(C(C)(C)C)CC2)C1. The van der Waals surface area contributed by atoms with Gasteiger partial charge in [0, 0.05) is 316 Å². The van der Waals surface area contributed by atoms with E-state index < -0.39 is 15.9 Å². The van der Waals surface area contributed by atoms with E-state index in [1.54, 1.807) is 17.6 Å². The molecule has 14 aliphatic rings. The number of likely N-dealkylation sites (tertiary alicyclic amines) is 4. The zero-order valence-electron chi connectivity index (χ0n) is 98.4. The molecule has 3 aromatic heterocycles. The molecule has 1 amide bonds. The maximum atomic E-state index is 11.8. The lowest BCUT2D eigenvalue weighted by atomic mass is 9.78. The maximum absolute atomic E-state index is 11.8. The van der Waals surface area contributed by atoms with Gasteiger partial charge in [-0.25, -0.2) is 23.3 Å². The van der Waals surface area contributed by atoms with Crippen molar-refractivity contribution in [2.24, 2.45) is 23.2 Å². The van der Waals surface area contributed by atoms with Gasteiger partial charge in [-0.05, 0) is 302 Å². The highest BCUT2D eigenvalue weighted by Crippen LogP contribution is 2.40. The molecule has 3 aromatic rings. The van der Waals surface area contributed by atoms with Gasteiger partial charge >= 0.3 is 5.69 Å². The number of piperazine rings is 5. The molecular formula is C115H202N20O12S. The number of sulfone groups is 1. The standard InChI is InChI=1S/C16H28N2O.2C15H26N2O.C14H24N2O.C12H22N2O2.C12H20N2O2.C12H23NO3S.C10H17N3.C9H16N4O/c1-15(2,3)18-8-6-17(7-9-18)13-10-14(19)12-16(4,5)11-13;2*1-12-9-13(11-14(18)10-12)16-5-7-17(8-6-16)15(2,3)4;1-14(2,3)16-9-7-15(8-10-16)12-5-4-6-13(17)11-12;1-8(15)11(16)13-6-10-5-9(13)7-14(10)12(2,3)4;1-12(2,3)14-6-4-9(5-7-14)10-8-11(15)13-16-10;1-12(2,3)13-7-5-10(6-8-13)11(14)9-17(4,15)16;1-10(2,3)13-5-4-12-8-11-6-9(12)7-13;1-9(2,3)12-4-5-13-7(6-12)10-11-8(13)14/h10H,6-9,11-12H2,1-5H3;2*11-12H,5-10H2,1-4H3;11H,4-10H2,1-3H3;8-10,15H,5-7H2,1-4H3;8-9H,4-7H2,1-3H3,(H,13,15);10H,5-9H2,1-4H3;6,8H,4-5,7H2,1-3H3;4-6H2,1-3H3,(H,11,14). The van der Waals surface area contributed by atoms with Gasteiger partial charge in [0.05, 0.1) is 18.6 Å². The number of aliphatic hydroxyl groups excluding tert-OH is 1. The highest BCUT2D eigenvalue weighted by atomic mass is 32.2. The van der Waals surface area contributed by atoms with Gasteiger partial charge < -0.3 is 38.7 Å². The van der Waals surface area contributed by atoms with Gasteiger partial charge in [0.15, 0.2) is 38.8 Å². The number of nitrogens with zero attached hydrogens (tertiary/aromatic N) is 18. The molecule has 5 unspecified atom stereocenters. The summed E-state index contributed by atoms with van der Waals surface area (Å²) in [4.78, 5) is 130. The van der Waals surface area contributed by atoms with Crippen molar-refractivity contribution in [1.29, 1.82) is 0 Å². The monoisotopic (exact) mass is 2090 g/mol. The number of carbonyl (C=O) groups excluding carboxylic acids is 6. The lowest BCUT2D eigenvalue weighted by Gasteiger charge is -2.45. The van der Waals surface area contributed by atoms with Crippen LogP contribution in [0.5, 0.6) is 0 Å². The number of hydrogen-bond acceptors (Lipinski definition) is 27. The van der Waals surface area contributed by atoms with E-state index in [4.69, 9.17) is 4.52 Å². The molecule has 5 atom stereocenters. The number of aromatic amines is 2. The molecule has 8 saturated heterocycles. The second-order valence-corrected chi connectivity index (χ2v) is 56.4. The second-order valence-electron chi connectivity index (χ2n) is 54.3. The van der Waals surface area contributed by atoms with Crippen molar-refractivity contribution in [3.05, 3.63) is 104 Å². The molecule has 10 aliphatic heterocycles. The largest absolute Gasteiger partial charge is 0.384 e. The van der Waals surface area contributed by atoms with E-state index in [1.807, 2.05) is 41.7 Å². The summed E-state index contributed by atoms with van der Waals surface area (Å²) in [6.45, 7) is 99.3. The molecule has 148 heavy (non-hydrogen) atoms. The molecule has 33 heteroatoms. The molecule has 8 fully saturated rings. The van der Waals surface area contributed by atoms with E-state index in [0.29, 0.717) is 59.4 Å². The summed E-state index contributed by atoms with van der Waals surface area (Å²) in [5, 5.41) is 18.2. The number of amides is 1. The van der Waals surface area contributed by atoms with Gasteiger partial charge in [0.2, 0.25) is 0 Å². The Morgan fingerprint density at radius 3 is 1.24 bits per heavy atom. The van der Waals surface area contributed by atoms with Gasteiger partial charge in [0.25, 0.3) is 11.5 Å². The third kappa shape index (κ3) is 38.4. The van der Waals surface area contributed by atoms with Crippen LogP contribution in [-0.4, -0.2) is 384 Å². The Hall–Kier alpha value is -7.31. The Labute approximate surface area is 892 Å². The van der Waals surface area contributed by atoms with E-state index in [0.717, 1.165) is 285 Å². The summed E-state index contributed by atoms with van der Waals surface area (Å²) < 4.78 is 31.3. The number of rotatable bonds is 9. The summed E-state index contributed by atoms with van der Waals surface area (Å²) in [5.41, 5.74) is 8.32. The molecule has 0 radical (unpaired) electrons. The van der Waals surface area contributed by atoms with Crippen LogP contribution >= 0.6 is 0 Å². The minimum atomic E-state index is -3.18. The molecule has 3 N–H and O–H groups in total. The van der Waals surface area contributed by atoms with Crippen LogP contribution in [0.4, 0.5) is 0 Å². The van der Waals surface area contributed by atoms with Gasteiger partial charge in [-0.1, -0.05) is 27.7 Å². The number of imidazole rings is 1. The first-order valence-electron chi connectivity index (χ1n) is 56.0. The van der Waals surface area contributed by atoms with Crippen LogP contribution in [0.3, 0.4) is 0 Å². The molecule has 840 valence electrons. The summed E-state index contributed by atoms with van der Waals surface area (Å²) in [6, 6.07) is 2.37. The zero-order valence-corrected chi connectivity index (χ0v) is 99.2. The average Bonchev–Trinajstić information content (AvgIpc) is 1.61. The Balaban J connectivity index is 0.000000185. The molecule has 0 aromatic carbocycles. The normalized spacial score (nSPS) is 24.0. The van der Waals surface area contributed by atoms with Crippen LogP contribution < -0.4 is 11.2 Å². The maximum Gasteiger partial charge on any atom is 0.343 e. The zero-order chi connectivity index (χ0) is 110. The first-order chi connectivity index (χ1) is 68.3. The van der Waals surface area contributed by atoms with Crippen LogP contribution in [0.15, 0.2) is 79.8 Å². The van der Waals surface area contributed by atoms with E-state index in [9.17, 15) is 51.9 Å². The van der Waals surface area contributed by atoms with Crippen molar-refractivity contribution >= 4 is 44.7 Å². The molecule has 17 rings (SSSR count). The fraction of sp³-hybridized carbons (Fsp3) is 0.809. The number of Topliss-reactive ketones (excluding diaryl/α,β-unsaturated/α-hetero) is 1. The number of allylic oxidation sites excluding steroid dienone is 8. The van der Waals surface area contributed by atoms with Crippen molar-refractivity contribution in [1.82, 2.24) is 98.1 Å². The van der Waals surface area contributed by atoms with Crippen molar-refractivity contribution < 1.29 is 46.8 Å². The van der Waals surface area contributed by atoms with Crippen molar-refractivity contribution in [2.75, 3.05) is 169 Å². The second kappa shape index (κ2) is 51.8. The lowest BCUT2D eigenvalue weighted by Crippen LogP contribution is -2.55. The van der Waals surface area contributed by atoms with Gasteiger partial charge in [-0.2, -0.15) is 10.3 Å². The van der Waals surface area contributed by atoms with E-state index >= 15 is 0 Å². The first-order valence-corrected chi connectivity index (χ1v) is 58.1. The van der Waals surface area contributed by atoms with Crippen molar-refractivity contribution in [2.45, 2.75) is 412 Å². The number of aromatic nitrogens is 6. The van der Waals surface area contributed by atoms with E-state index in [2.05, 4.69) is 303 Å². The first kappa shape index (κ1) is 124. The average molecular weight is 2090 g/mol. The highest BCUT2D eigenvalue weighted by molar-refractivity contribution is 7.91. The fourth-order valence-electron chi connectivity index (χ4n) is 22.9. The molecule has 2 bridgehead atoms. The Morgan fingerprint density at radius 1 is 0.459 bits per heavy atom. The van der Waals surface area contributed by atoms with E-state index in [-0.39, 0.29) is 89.9 Å². The van der Waals surface area contributed by atoms with Crippen LogP contribution in [0.1, 0.15) is 335 Å². The third-order valence-corrected chi connectivity index (χ3v) is 32.9. The minimum Gasteiger partial charge on any atom is -0.384 e. The Morgan fingerprint density at radius 2 is 0.858 bits per heavy atom. The van der Waals surface area contributed by atoms with Crippen LogP contribution in [-0.2, 0) is 64.8 Å². The molecule has 13 heterocycles. The third-order valence-electron chi connectivity index (χ3n) is 32.1. The number of ketones is 5. The summed E-state index contributed by atoms with van der Waals surface area (Å²) in [7, 11) is -3.18. The number of piperidine rings is 2. The number of hydrogen-bond donors (Lipinski definition) is 3. The highest BCUT2D eigenvalue weighted by Gasteiger charge is 2.49. The molecule has 0 spiro atoms. The number of fused-ring (bicyclic) bond motifs is 4. The fourth-order valence-corrected chi connectivity index (χ4v) is 23.6. The summed E-state index contributed by atoms with van der Waals surface area (Å²) >= 11 is 0. The number of H-pyrrole nitrogens is 2. The number of nitrogens with one attached hydrogen (secondary N) is 2. The van der Waals surface area contributed by atoms with Crippen LogP contribution in [0.2, 0.25) is 0 Å². The molecular weight excluding hydrogens is 1890 g/mol. The number of carbonyl (C=O) groups is 6. The van der Waals surface area contributed by atoms with Crippen LogP contribution in [0.25, 0.3) is 0 Å².